The average Bonchev–Trinajstić information content (AvgIpc) is 1.67. The van der Waals surface area contributed by atoms with Gasteiger partial charge in [0.05, 0.1) is 0 Å². The maximum atomic E-state index is 10.7. The quantitative estimate of drug-likeness (QED) is 0.577. The lowest BCUT2D eigenvalue weighted by atomic mass is 10.6. The Bertz CT molecular complexity index is 58.4. The van der Waals surface area contributed by atoms with Crippen LogP contribution in [0.2, 0.25) is 0 Å². The molecule has 0 aliphatic carbocycles. The van der Waals surface area contributed by atoms with E-state index in [-0.39, 0.29) is 5.25 Å². The predicted molar refractivity (Wildman–Crippen MR) is 37.0 cm³/mol. The lowest BCUT2D eigenvalue weighted by Crippen LogP contribution is -2.30. The zero-order chi connectivity index (χ0) is 6.57. The summed E-state index contributed by atoms with van der Waals surface area (Å²) in [6.45, 7) is 6.59. The summed E-state index contributed by atoms with van der Waals surface area (Å²) in [5.41, 5.74) is 0. The molecule has 0 aliphatic rings. The van der Waals surface area contributed by atoms with Crippen molar-refractivity contribution in [2.45, 2.75) is 26.0 Å². The van der Waals surface area contributed by atoms with Crippen molar-refractivity contribution in [3.8, 4) is 0 Å². The number of hydrogen-bond donors (Lipinski definition) is 1. The van der Waals surface area contributed by atoms with E-state index in [2.05, 4.69) is 4.72 Å². The molecule has 0 bridgehead atoms. The zero-order valence-electron chi connectivity index (χ0n) is 5.60. The fourth-order valence-corrected chi connectivity index (χ4v) is 0.927. The van der Waals surface area contributed by atoms with Crippen LogP contribution in [0.3, 0.4) is 0 Å². The van der Waals surface area contributed by atoms with Gasteiger partial charge in [-0.3, -0.25) is 0 Å². The Morgan fingerprint density at radius 3 is 2.25 bits per heavy atom. The van der Waals surface area contributed by atoms with Crippen molar-refractivity contribution in [3.63, 3.8) is 0 Å². The number of nitrogens with one attached hydrogen (secondary N) is 1. The van der Waals surface area contributed by atoms with Crippen LogP contribution in [0.25, 0.3) is 0 Å². The fourth-order valence-electron chi connectivity index (χ4n) is 0.309. The molecule has 0 amide bonds. The van der Waals surface area contributed by atoms with Crippen molar-refractivity contribution in [2.75, 3.05) is 6.54 Å². The molecule has 0 spiro atoms. The molecule has 1 unspecified atom stereocenters. The summed E-state index contributed by atoms with van der Waals surface area (Å²) >= 11 is -0.822. The summed E-state index contributed by atoms with van der Waals surface area (Å²) in [6, 6.07) is 0. The molecule has 8 heavy (non-hydrogen) atoms. The van der Waals surface area contributed by atoms with Gasteiger partial charge in [0.2, 0.25) is 0 Å². The van der Waals surface area contributed by atoms with E-state index < -0.39 is 11.4 Å². The largest absolute Gasteiger partial charge is 0.598 e. The minimum Gasteiger partial charge on any atom is -0.598 e. The molecule has 0 saturated carbocycles. The van der Waals surface area contributed by atoms with Gasteiger partial charge in [-0.1, -0.05) is 0 Å². The average molecular weight is 135 g/mol. The first-order valence-electron chi connectivity index (χ1n) is 2.82. The van der Waals surface area contributed by atoms with E-state index in [1.54, 1.807) is 0 Å². The van der Waals surface area contributed by atoms with E-state index in [1.165, 1.54) is 0 Å². The molecule has 1 atom stereocenters. The third-order valence-corrected chi connectivity index (χ3v) is 2.14. The van der Waals surface area contributed by atoms with Crippen molar-refractivity contribution in [1.82, 2.24) is 4.72 Å². The normalized spacial score (nSPS) is 14.6. The Labute approximate surface area is 54.0 Å². The topological polar surface area (TPSA) is 35.1 Å². The highest BCUT2D eigenvalue weighted by molar-refractivity contribution is 7.90. The predicted octanol–water partition coefficient (Wildman–Crippen LogP) is 0.668. The molecule has 50 valence electrons. The van der Waals surface area contributed by atoms with Crippen LogP contribution in [0.4, 0.5) is 0 Å². The third-order valence-electron chi connectivity index (χ3n) is 0.715. The highest BCUT2D eigenvalue weighted by atomic mass is 32.2. The molecule has 0 saturated heterocycles. The lowest BCUT2D eigenvalue weighted by Gasteiger charge is -2.12. The van der Waals surface area contributed by atoms with E-state index in [0.717, 1.165) is 6.54 Å². The Morgan fingerprint density at radius 2 is 2.12 bits per heavy atom. The van der Waals surface area contributed by atoms with Gasteiger partial charge in [0.15, 0.2) is 0 Å². The molecule has 3 heteroatoms. The van der Waals surface area contributed by atoms with Crippen LogP contribution >= 0.6 is 0 Å². The molecule has 0 rings (SSSR count). The van der Waals surface area contributed by atoms with E-state index >= 15 is 0 Å². The summed E-state index contributed by atoms with van der Waals surface area (Å²) < 4.78 is 13.6. The van der Waals surface area contributed by atoms with Crippen molar-refractivity contribution < 1.29 is 4.55 Å². The molecule has 0 radical (unpaired) electrons. The molecular formula is C5H13NOS. The molecular weight excluding hydrogens is 122 g/mol. The van der Waals surface area contributed by atoms with Crippen LogP contribution in [-0.2, 0) is 11.4 Å². The van der Waals surface area contributed by atoms with Gasteiger partial charge in [-0.15, -0.1) is 4.72 Å². The maximum Gasteiger partial charge on any atom is 0.129 e. The summed E-state index contributed by atoms with van der Waals surface area (Å²) in [4.78, 5) is 0. The van der Waals surface area contributed by atoms with Gasteiger partial charge < -0.3 is 4.55 Å². The number of rotatable bonds is 3. The van der Waals surface area contributed by atoms with Crippen molar-refractivity contribution in [1.29, 1.82) is 0 Å². The molecule has 2 nitrogen and oxygen atoms in total. The minimum absolute atomic E-state index is 0.231. The van der Waals surface area contributed by atoms with Gasteiger partial charge in [0.25, 0.3) is 0 Å². The van der Waals surface area contributed by atoms with E-state index in [9.17, 15) is 4.55 Å². The van der Waals surface area contributed by atoms with E-state index in [1.807, 2.05) is 20.8 Å². The summed E-state index contributed by atoms with van der Waals surface area (Å²) in [5.74, 6) is 0. The van der Waals surface area contributed by atoms with Gasteiger partial charge in [-0.2, -0.15) is 0 Å². The second kappa shape index (κ2) is 4.18. The van der Waals surface area contributed by atoms with Crippen molar-refractivity contribution >= 4 is 11.4 Å². The summed E-state index contributed by atoms with van der Waals surface area (Å²) in [6.07, 6.45) is 0. The van der Waals surface area contributed by atoms with Crippen LogP contribution in [-0.4, -0.2) is 16.3 Å². The first-order valence-corrected chi connectivity index (χ1v) is 4.03. The molecule has 0 aromatic carbocycles. The number of hydrogen-bond acceptors (Lipinski definition) is 2. The van der Waals surface area contributed by atoms with E-state index in [0.29, 0.717) is 0 Å². The Kier molecular flexibility index (Phi) is 4.32. The fraction of sp³-hybridized carbons (Fsp3) is 1.00. The molecule has 0 aromatic rings. The van der Waals surface area contributed by atoms with Crippen LogP contribution in [0, 0.1) is 0 Å². The molecule has 0 fully saturated rings. The van der Waals surface area contributed by atoms with Gasteiger partial charge >= 0.3 is 0 Å². The smallest absolute Gasteiger partial charge is 0.129 e. The van der Waals surface area contributed by atoms with Crippen molar-refractivity contribution in [2.24, 2.45) is 0 Å². The van der Waals surface area contributed by atoms with Gasteiger partial charge in [-0.05, 0) is 20.8 Å². The Morgan fingerprint density at radius 1 is 1.62 bits per heavy atom. The first kappa shape index (κ1) is 8.27. The Hall–Kier alpha value is 0.270. The van der Waals surface area contributed by atoms with Crippen LogP contribution < -0.4 is 4.72 Å². The minimum atomic E-state index is -0.822. The monoisotopic (exact) mass is 135 g/mol. The second-order valence-electron chi connectivity index (χ2n) is 1.84. The second-order valence-corrected chi connectivity index (χ2v) is 3.67. The highest BCUT2D eigenvalue weighted by Crippen LogP contribution is 1.93. The molecule has 0 aromatic heterocycles. The van der Waals surface area contributed by atoms with Crippen molar-refractivity contribution in [3.05, 3.63) is 0 Å². The summed E-state index contributed by atoms with van der Waals surface area (Å²) in [7, 11) is 0. The third kappa shape index (κ3) is 3.29. The maximum absolute atomic E-state index is 10.7. The molecule has 1 N–H and O–H groups in total. The van der Waals surface area contributed by atoms with Crippen LogP contribution in [0.1, 0.15) is 20.8 Å². The lowest BCUT2D eigenvalue weighted by molar-refractivity contribution is 0.574. The highest BCUT2D eigenvalue weighted by Gasteiger charge is 2.07. The summed E-state index contributed by atoms with van der Waals surface area (Å²) in [5, 5.41) is 0.231. The first-order chi connectivity index (χ1) is 3.68. The Balaban J connectivity index is 3.17. The van der Waals surface area contributed by atoms with Gasteiger partial charge in [0, 0.05) is 17.9 Å². The SMILES string of the molecule is CCN[S+]([O-])C(C)C. The zero-order valence-corrected chi connectivity index (χ0v) is 6.42. The van der Waals surface area contributed by atoms with Gasteiger partial charge in [0.1, 0.15) is 5.25 Å². The van der Waals surface area contributed by atoms with Crippen LogP contribution in [0.15, 0.2) is 0 Å². The molecule has 0 heterocycles. The van der Waals surface area contributed by atoms with Gasteiger partial charge in [-0.25, -0.2) is 0 Å². The molecule has 0 aliphatic heterocycles. The van der Waals surface area contributed by atoms with E-state index in [4.69, 9.17) is 0 Å². The van der Waals surface area contributed by atoms with Crippen LogP contribution in [0.5, 0.6) is 0 Å². The standard InChI is InChI=1S/C5H13NOS/c1-4-6-8(7)5(2)3/h5-6H,4H2,1-3H3.